The molecule has 4 aliphatic carbocycles. The van der Waals surface area contributed by atoms with Gasteiger partial charge in [0, 0.05) is 23.7 Å². The highest BCUT2D eigenvalue weighted by molar-refractivity contribution is 5.71. The van der Waals surface area contributed by atoms with Gasteiger partial charge >= 0.3 is 11.9 Å². The average molecular weight is 527 g/mol. The van der Waals surface area contributed by atoms with E-state index in [9.17, 15) is 19.8 Å². The number of hydrogen-bond donors (Lipinski definition) is 2. The fourth-order valence-electron chi connectivity index (χ4n) is 9.30. The Morgan fingerprint density at radius 2 is 1.79 bits per heavy atom. The van der Waals surface area contributed by atoms with Gasteiger partial charge in [0.15, 0.2) is 0 Å². The molecule has 0 bridgehead atoms. The molecular weight excluding hydrogens is 476 g/mol. The number of fused-ring (bicyclic) bond motifs is 5. The van der Waals surface area contributed by atoms with Gasteiger partial charge in [-0.05, 0) is 78.8 Å². The third-order valence-corrected chi connectivity index (χ3v) is 11.9. The van der Waals surface area contributed by atoms with E-state index in [0.29, 0.717) is 31.1 Å². The van der Waals surface area contributed by atoms with Crippen molar-refractivity contribution >= 4 is 11.9 Å². The van der Waals surface area contributed by atoms with Crippen LogP contribution in [-0.4, -0.2) is 34.4 Å². The molecule has 0 aromatic heterocycles. The van der Waals surface area contributed by atoms with E-state index in [1.165, 1.54) is 18.1 Å². The van der Waals surface area contributed by atoms with Crippen LogP contribution in [0, 0.1) is 45.3 Å². The fourth-order valence-corrected chi connectivity index (χ4v) is 9.30. The summed E-state index contributed by atoms with van der Waals surface area (Å²) < 4.78 is 5.80. The lowest BCUT2D eigenvalue weighted by Gasteiger charge is -2.61. The Morgan fingerprint density at radius 1 is 1.13 bits per heavy atom. The van der Waals surface area contributed by atoms with E-state index in [-0.39, 0.29) is 39.7 Å². The molecule has 5 nitrogen and oxygen atoms in total. The van der Waals surface area contributed by atoms with Crippen molar-refractivity contribution in [2.75, 3.05) is 0 Å². The number of carboxylic acids is 1. The minimum absolute atomic E-state index is 0.0428. The van der Waals surface area contributed by atoms with Crippen LogP contribution in [0.1, 0.15) is 100 Å². The molecule has 4 rings (SSSR count). The van der Waals surface area contributed by atoms with Gasteiger partial charge in [0.05, 0.1) is 12.0 Å². The zero-order valence-electron chi connectivity index (χ0n) is 24.9. The van der Waals surface area contributed by atoms with E-state index in [1.807, 2.05) is 0 Å². The van der Waals surface area contributed by atoms with Gasteiger partial charge < -0.3 is 14.9 Å². The van der Waals surface area contributed by atoms with Crippen LogP contribution < -0.4 is 0 Å². The summed E-state index contributed by atoms with van der Waals surface area (Å²) in [5.41, 5.74) is 2.93. The first-order valence-corrected chi connectivity index (χ1v) is 14.7. The molecule has 2 saturated carbocycles. The summed E-state index contributed by atoms with van der Waals surface area (Å²) in [6.45, 7) is 21.2. The molecule has 0 saturated heterocycles. The molecule has 0 radical (unpaired) electrons. The lowest BCUT2D eigenvalue weighted by Crippen LogP contribution is -2.55. The zero-order chi connectivity index (χ0) is 28.4. The van der Waals surface area contributed by atoms with Gasteiger partial charge in [-0.15, -0.1) is 0 Å². The highest BCUT2D eigenvalue weighted by Gasteiger charge is 2.66. The third-order valence-electron chi connectivity index (χ3n) is 11.9. The van der Waals surface area contributed by atoms with Crippen molar-refractivity contribution in [1.29, 1.82) is 0 Å². The monoisotopic (exact) mass is 526 g/mol. The number of aliphatic carboxylic acids is 1. The van der Waals surface area contributed by atoms with Gasteiger partial charge in [0.2, 0.25) is 0 Å². The quantitative estimate of drug-likeness (QED) is 0.273. The maximum Gasteiger partial charge on any atom is 0.306 e. The SMILES string of the molecule is C=C(CCC(C(=O)O)[C@H]1[C@H](O)C[C@@]2(C)C3=CC[C@H]4C(C)(C)[C@H](OC(C)=O)CC[C@]4(C)C3=CC[C@]12C)C(C)C. The first-order chi connectivity index (χ1) is 17.5. The van der Waals surface area contributed by atoms with Crippen molar-refractivity contribution in [1.82, 2.24) is 0 Å². The second-order valence-electron chi connectivity index (χ2n) is 14.4. The molecule has 4 aliphatic rings. The molecule has 0 aliphatic heterocycles. The number of carboxylic acid groups (broad SMARTS) is 1. The van der Waals surface area contributed by atoms with Crippen LogP contribution in [0.3, 0.4) is 0 Å². The minimum Gasteiger partial charge on any atom is -0.481 e. The highest BCUT2D eigenvalue weighted by atomic mass is 16.5. The Labute approximate surface area is 229 Å². The number of carbonyl (C=O) groups excluding carboxylic acids is 1. The molecule has 0 amide bonds. The van der Waals surface area contributed by atoms with Crippen LogP contribution in [-0.2, 0) is 14.3 Å². The number of rotatable bonds is 7. The molecule has 38 heavy (non-hydrogen) atoms. The van der Waals surface area contributed by atoms with Crippen molar-refractivity contribution in [3.05, 3.63) is 35.5 Å². The molecule has 8 atom stereocenters. The molecule has 1 unspecified atom stereocenters. The number of aliphatic hydroxyl groups is 1. The Morgan fingerprint density at radius 3 is 2.37 bits per heavy atom. The number of allylic oxidation sites excluding steroid dienone is 5. The van der Waals surface area contributed by atoms with Crippen LogP contribution in [0.2, 0.25) is 0 Å². The second-order valence-corrected chi connectivity index (χ2v) is 14.4. The molecular formula is C33H50O5. The van der Waals surface area contributed by atoms with Crippen molar-refractivity contribution in [3.8, 4) is 0 Å². The largest absolute Gasteiger partial charge is 0.481 e. The number of aliphatic hydroxyl groups excluding tert-OH is 1. The van der Waals surface area contributed by atoms with E-state index >= 15 is 0 Å². The average Bonchev–Trinajstić information content (AvgIpc) is 3.01. The zero-order valence-corrected chi connectivity index (χ0v) is 24.9. The summed E-state index contributed by atoms with van der Waals surface area (Å²) in [5.74, 6) is -1.28. The molecule has 2 fully saturated rings. The predicted octanol–water partition coefficient (Wildman–Crippen LogP) is 7.11. The number of esters is 1. The van der Waals surface area contributed by atoms with Crippen LogP contribution in [0.5, 0.6) is 0 Å². The first kappa shape index (κ1) is 29.1. The van der Waals surface area contributed by atoms with Crippen molar-refractivity contribution in [2.45, 2.75) is 113 Å². The van der Waals surface area contributed by atoms with Crippen LogP contribution >= 0.6 is 0 Å². The normalized spacial score (nSPS) is 40.3. The molecule has 212 valence electrons. The van der Waals surface area contributed by atoms with E-state index < -0.39 is 18.0 Å². The lowest BCUT2D eigenvalue weighted by atomic mass is 9.44. The Bertz CT molecular complexity index is 1070. The van der Waals surface area contributed by atoms with E-state index in [4.69, 9.17) is 4.74 Å². The molecule has 0 spiro atoms. The van der Waals surface area contributed by atoms with Crippen molar-refractivity contribution in [2.24, 2.45) is 45.3 Å². The summed E-state index contributed by atoms with van der Waals surface area (Å²) >= 11 is 0. The van der Waals surface area contributed by atoms with Gasteiger partial charge in [-0.2, -0.15) is 0 Å². The topological polar surface area (TPSA) is 83.8 Å². The number of ether oxygens (including phenoxy) is 1. The Hall–Kier alpha value is -1.88. The van der Waals surface area contributed by atoms with Gasteiger partial charge in [-0.25, -0.2) is 0 Å². The van der Waals surface area contributed by atoms with Crippen LogP contribution in [0.4, 0.5) is 0 Å². The first-order valence-electron chi connectivity index (χ1n) is 14.7. The predicted molar refractivity (Wildman–Crippen MR) is 150 cm³/mol. The maximum atomic E-state index is 12.6. The summed E-state index contributed by atoms with van der Waals surface area (Å²) in [7, 11) is 0. The molecule has 2 N–H and O–H groups in total. The highest BCUT2D eigenvalue weighted by Crippen LogP contribution is 2.72. The lowest BCUT2D eigenvalue weighted by molar-refractivity contribution is -0.165. The third kappa shape index (κ3) is 4.22. The van der Waals surface area contributed by atoms with Crippen LogP contribution in [0.15, 0.2) is 35.5 Å². The Kier molecular flexibility index (Phi) is 7.39. The van der Waals surface area contributed by atoms with Crippen LogP contribution in [0.25, 0.3) is 0 Å². The van der Waals surface area contributed by atoms with Gasteiger partial charge in [-0.1, -0.05) is 72.8 Å². The smallest absolute Gasteiger partial charge is 0.306 e. The molecule has 0 heterocycles. The number of hydrogen-bond acceptors (Lipinski definition) is 4. The standard InChI is InChI=1S/C33H50O5/c1-19(2)20(3)10-11-22(29(36)37)28-25(35)18-33(9)24-12-13-26-30(5,6)27(38-21(4)34)15-16-31(26,7)23(24)14-17-32(28,33)8/h12,14,19,22,25-28,35H,3,10-11,13,15-18H2,1-2,4-9H3,(H,36,37)/t22?,25-,26+,27-,28+,31-,32-,33+/m1/s1. The summed E-state index contributed by atoms with van der Waals surface area (Å²) in [6, 6.07) is 0. The fraction of sp³-hybridized carbons (Fsp3) is 0.758. The summed E-state index contributed by atoms with van der Waals surface area (Å²) in [4.78, 5) is 24.5. The summed E-state index contributed by atoms with van der Waals surface area (Å²) in [6.07, 6.45) is 9.26. The maximum absolute atomic E-state index is 12.6. The molecule has 0 aromatic carbocycles. The van der Waals surface area contributed by atoms with E-state index in [2.05, 4.69) is 67.2 Å². The van der Waals surface area contributed by atoms with Gasteiger partial charge in [0.25, 0.3) is 0 Å². The van der Waals surface area contributed by atoms with Gasteiger partial charge in [0.1, 0.15) is 6.10 Å². The summed E-state index contributed by atoms with van der Waals surface area (Å²) in [5, 5.41) is 21.9. The second kappa shape index (κ2) is 9.64. The van der Waals surface area contributed by atoms with E-state index in [1.54, 1.807) is 0 Å². The minimum atomic E-state index is -0.805. The van der Waals surface area contributed by atoms with Gasteiger partial charge in [-0.3, -0.25) is 9.59 Å². The molecule has 5 heteroatoms. The van der Waals surface area contributed by atoms with Crippen molar-refractivity contribution < 1.29 is 24.5 Å². The van der Waals surface area contributed by atoms with E-state index in [0.717, 1.165) is 31.3 Å². The number of carbonyl (C=O) groups is 2. The Balaban J connectivity index is 1.70. The van der Waals surface area contributed by atoms with Crippen molar-refractivity contribution in [3.63, 3.8) is 0 Å². The molecule has 0 aromatic rings.